The van der Waals surface area contributed by atoms with Crippen LogP contribution in [0.15, 0.2) is 58.3 Å². The lowest BCUT2D eigenvalue weighted by molar-refractivity contribution is 0.222. The summed E-state index contributed by atoms with van der Waals surface area (Å²) in [7, 11) is -5.89. The Morgan fingerprint density at radius 1 is 0.862 bits per heavy atom. The topological polar surface area (TPSA) is 92.8 Å². The van der Waals surface area contributed by atoms with E-state index in [-0.39, 0.29) is 9.79 Å². The number of nitrogens with one attached hydrogen (secondary N) is 1. The number of hydrogen-bond donors (Lipinski definition) is 1. The maximum absolute atomic E-state index is 12.9. The quantitative estimate of drug-likeness (QED) is 0.748. The third-order valence-corrected chi connectivity index (χ3v) is 8.19. The summed E-state index contributed by atoms with van der Waals surface area (Å²) < 4.78 is 59.9. The second-order valence-electron chi connectivity index (χ2n) is 7.57. The Labute approximate surface area is 172 Å². The minimum Gasteiger partial charge on any atom is -0.497 e. The van der Waals surface area contributed by atoms with Crippen LogP contribution in [0.2, 0.25) is 0 Å². The molecule has 0 spiro atoms. The van der Waals surface area contributed by atoms with E-state index in [4.69, 9.17) is 4.74 Å². The molecule has 3 rings (SSSR count). The Morgan fingerprint density at radius 3 is 1.90 bits per heavy atom. The SMILES string of the molecule is COc1ccc(S(=O)(=O)Nc2ccc(S(=O)(=O)N3C[C@@H](C)C[C@H](C)C3)cc2)cc1. The van der Waals surface area contributed by atoms with Crippen LogP contribution in [0.5, 0.6) is 5.75 Å². The standard InChI is InChI=1S/C20H26N2O5S2/c1-15-12-16(2)14-22(13-15)29(25,26)20-8-4-17(5-9-20)21-28(23,24)19-10-6-18(27-3)7-11-19/h4-11,15-16,21H,12-14H2,1-3H3/t15-,16-/m0/s1. The first kappa shape index (κ1) is 21.6. The van der Waals surface area contributed by atoms with Crippen LogP contribution in [0.4, 0.5) is 5.69 Å². The zero-order valence-electron chi connectivity index (χ0n) is 16.7. The summed E-state index contributed by atoms with van der Waals surface area (Å²) in [5.74, 6) is 1.17. The molecule has 7 nitrogen and oxygen atoms in total. The van der Waals surface area contributed by atoms with Gasteiger partial charge in [-0.2, -0.15) is 4.31 Å². The molecule has 1 saturated heterocycles. The molecule has 1 aliphatic rings. The van der Waals surface area contributed by atoms with Gasteiger partial charge in [-0.25, -0.2) is 16.8 Å². The number of rotatable bonds is 6. The Hall–Kier alpha value is -2.10. The predicted octanol–water partition coefficient (Wildman–Crippen LogP) is 3.16. The molecule has 29 heavy (non-hydrogen) atoms. The van der Waals surface area contributed by atoms with Gasteiger partial charge in [-0.05, 0) is 66.8 Å². The van der Waals surface area contributed by atoms with Crippen molar-refractivity contribution < 1.29 is 21.6 Å². The van der Waals surface area contributed by atoms with Gasteiger partial charge in [0.2, 0.25) is 10.0 Å². The van der Waals surface area contributed by atoms with Gasteiger partial charge < -0.3 is 4.74 Å². The van der Waals surface area contributed by atoms with E-state index in [9.17, 15) is 16.8 Å². The van der Waals surface area contributed by atoms with Gasteiger partial charge >= 0.3 is 0 Å². The van der Waals surface area contributed by atoms with Crippen LogP contribution < -0.4 is 9.46 Å². The van der Waals surface area contributed by atoms with Crippen LogP contribution in [0.25, 0.3) is 0 Å². The molecule has 0 aromatic heterocycles. The fourth-order valence-electron chi connectivity index (χ4n) is 3.61. The Morgan fingerprint density at radius 2 is 1.38 bits per heavy atom. The highest BCUT2D eigenvalue weighted by Gasteiger charge is 2.31. The number of methoxy groups -OCH3 is 1. The van der Waals surface area contributed by atoms with E-state index in [2.05, 4.69) is 18.6 Å². The Kier molecular flexibility index (Phi) is 6.21. The monoisotopic (exact) mass is 438 g/mol. The van der Waals surface area contributed by atoms with Crippen molar-refractivity contribution in [1.29, 1.82) is 0 Å². The lowest BCUT2D eigenvalue weighted by Gasteiger charge is -2.34. The normalized spacial score (nSPS) is 20.9. The van der Waals surface area contributed by atoms with Crippen LogP contribution >= 0.6 is 0 Å². The smallest absolute Gasteiger partial charge is 0.261 e. The molecule has 0 amide bonds. The zero-order chi connectivity index (χ0) is 21.2. The summed E-state index contributed by atoms with van der Waals surface area (Å²) in [5.41, 5.74) is 0.292. The van der Waals surface area contributed by atoms with Crippen molar-refractivity contribution in [2.45, 2.75) is 30.1 Å². The van der Waals surface area contributed by atoms with Crippen molar-refractivity contribution in [1.82, 2.24) is 4.31 Å². The van der Waals surface area contributed by atoms with Crippen molar-refractivity contribution >= 4 is 25.7 Å². The van der Waals surface area contributed by atoms with Crippen molar-refractivity contribution in [3.8, 4) is 5.75 Å². The molecule has 2 atom stereocenters. The van der Waals surface area contributed by atoms with E-state index in [0.29, 0.717) is 36.4 Å². The minimum atomic E-state index is -3.79. The highest BCUT2D eigenvalue weighted by molar-refractivity contribution is 7.92. The van der Waals surface area contributed by atoms with E-state index in [0.717, 1.165) is 6.42 Å². The van der Waals surface area contributed by atoms with Gasteiger partial charge in [0.15, 0.2) is 0 Å². The molecular formula is C20H26N2O5S2. The average Bonchev–Trinajstić information content (AvgIpc) is 2.67. The van der Waals surface area contributed by atoms with Crippen LogP contribution in [-0.4, -0.2) is 41.3 Å². The molecule has 158 valence electrons. The maximum atomic E-state index is 12.9. The number of hydrogen-bond acceptors (Lipinski definition) is 5. The molecule has 0 unspecified atom stereocenters. The molecule has 0 aliphatic carbocycles. The number of benzene rings is 2. The van der Waals surface area contributed by atoms with Crippen molar-refractivity contribution in [3.05, 3.63) is 48.5 Å². The molecule has 0 radical (unpaired) electrons. The molecule has 9 heteroatoms. The molecule has 1 fully saturated rings. The Balaban J connectivity index is 1.77. The van der Waals surface area contributed by atoms with Crippen LogP contribution in [0.3, 0.4) is 0 Å². The number of sulfonamides is 2. The van der Waals surface area contributed by atoms with E-state index in [1.807, 2.05) is 0 Å². The number of ether oxygens (including phenoxy) is 1. The van der Waals surface area contributed by atoms with Gasteiger partial charge in [0.25, 0.3) is 10.0 Å². The lowest BCUT2D eigenvalue weighted by Crippen LogP contribution is -2.42. The first-order chi connectivity index (χ1) is 13.6. The summed E-state index contributed by atoms with van der Waals surface area (Å²) in [6, 6.07) is 11.8. The van der Waals surface area contributed by atoms with Gasteiger partial charge in [-0.3, -0.25) is 4.72 Å². The number of nitrogens with zero attached hydrogens (tertiary/aromatic N) is 1. The molecule has 2 aromatic rings. The van der Waals surface area contributed by atoms with E-state index in [1.54, 1.807) is 12.1 Å². The highest BCUT2D eigenvalue weighted by atomic mass is 32.2. The van der Waals surface area contributed by atoms with Crippen molar-refractivity contribution in [2.75, 3.05) is 24.9 Å². The van der Waals surface area contributed by atoms with Crippen LogP contribution in [0, 0.1) is 11.8 Å². The molecular weight excluding hydrogens is 412 g/mol. The summed E-state index contributed by atoms with van der Waals surface area (Å²) in [4.78, 5) is 0.248. The second kappa shape index (κ2) is 8.33. The highest BCUT2D eigenvalue weighted by Crippen LogP contribution is 2.27. The largest absolute Gasteiger partial charge is 0.497 e. The predicted molar refractivity (Wildman–Crippen MR) is 112 cm³/mol. The van der Waals surface area contributed by atoms with Crippen LogP contribution in [-0.2, 0) is 20.0 Å². The lowest BCUT2D eigenvalue weighted by atomic mass is 9.94. The van der Waals surface area contributed by atoms with Gasteiger partial charge in [0.05, 0.1) is 16.9 Å². The van der Waals surface area contributed by atoms with Gasteiger partial charge in [-0.15, -0.1) is 0 Å². The molecule has 1 aliphatic heterocycles. The Bertz CT molecular complexity index is 1040. The maximum Gasteiger partial charge on any atom is 0.261 e. The summed E-state index contributed by atoms with van der Waals surface area (Å²) >= 11 is 0. The summed E-state index contributed by atoms with van der Waals surface area (Å²) in [5, 5.41) is 0. The van der Waals surface area contributed by atoms with Gasteiger partial charge in [-0.1, -0.05) is 13.8 Å². The van der Waals surface area contributed by atoms with Crippen molar-refractivity contribution in [3.63, 3.8) is 0 Å². The average molecular weight is 439 g/mol. The molecule has 1 heterocycles. The fraction of sp³-hybridized carbons (Fsp3) is 0.400. The molecule has 0 saturated carbocycles. The van der Waals surface area contributed by atoms with Gasteiger partial charge in [0.1, 0.15) is 5.75 Å². The third kappa shape index (κ3) is 4.91. The van der Waals surface area contributed by atoms with E-state index < -0.39 is 20.0 Å². The van der Waals surface area contributed by atoms with E-state index >= 15 is 0 Å². The van der Waals surface area contributed by atoms with Crippen LogP contribution in [0.1, 0.15) is 20.3 Å². The van der Waals surface area contributed by atoms with E-state index in [1.165, 1.54) is 47.8 Å². The summed E-state index contributed by atoms with van der Waals surface area (Å²) in [6.07, 6.45) is 1.01. The fourth-order valence-corrected chi connectivity index (χ4v) is 6.35. The zero-order valence-corrected chi connectivity index (χ0v) is 18.3. The summed E-state index contributed by atoms with van der Waals surface area (Å²) in [6.45, 7) is 5.10. The first-order valence-corrected chi connectivity index (χ1v) is 12.3. The number of anilines is 1. The minimum absolute atomic E-state index is 0.0892. The third-order valence-electron chi connectivity index (χ3n) is 4.95. The van der Waals surface area contributed by atoms with Gasteiger partial charge in [0, 0.05) is 18.8 Å². The first-order valence-electron chi connectivity index (χ1n) is 9.39. The number of piperidine rings is 1. The molecule has 1 N–H and O–H groups in total. The van der Waals surface area contributed by atoms with Crippen molar-refractivity contribution in [2.24, 2.45) is 11.8 Å². The second-order valence-corrected chi connectivity index (χ2v) is 11.2. The molecule has 2 aromatic carbocycles. The molecule has 0 bridgehead atoms.